The summed E-state index contributed by atoms with van der Waals surface area (Å²) in [5, 5.41) is 9.13. The van der Waals surface area contributed by atoms with E-state index in [9.17, 15) is 0 Å². The Morgan fingerprint density at radius 3 is 3.05 bits per heavy atom. The van der Waals surface area contributed by atoms with Gasteiger partial charge in [-0.3, -0.25) is 0 Å². The number of rotatable bonds is 6. The normalized spacial score (nSPS) is 19.1. The lowest BCUT2D eigenvalue weighted by molar-refractivity contribution is 0.244. The molecule has 0 bridgehead atoms. The lowest BCUT2D eigenvalue weighted by Crippen LogP contribution is -2.37. The Labute approximate surface area is 120 Å². The van der Waals surface area contributed by atoms with Crippen LogP contribution in [0.1, 0.15) is 38.2 Å². The van der Waals surface area contributed by atoms with E-state index in [4.69, 9.17) is 10.9 Å². The first-order valence-corrected chi connectivity index (χ1v) is 7.46. The highest BCUT2D eigenvalue weighted by atomic mass is 16.3. The molecule has 1 fully saturated rings. The monoisotopic (exact) mass is 279 g/mol. The number of piperidine rings is 1. The van der Waals surface area contributed by atoms with Gasteiger partial charge in [-0.2, -0.15) is 0 Å². The second kappa shape index (κ2) is 7.40. The van der Waals surface area contributed by atoms with Crippen molar-refractivity contribution in [2.45, 2.75) is 39.0 Å². The van der Waals surface area contributed by atoms with Crippen molar-refractivity contribution in [1.82, 2.24) is 9.97 Å². The second-order valence-corrected chi connectivity index (χ2v) is 5.39. The van der Waals surface area contributed by atoms with Crippen LogP contribution in [0.15, 0.2) is 6.33 Å². The minimum absolute atomic E-state index is 0.264. The van der Waals surface area contributed by atoms with E-state index in [1.54, 1.807) is 6.33 Å². The van der Waals surface area contributed by atoms with Crippen molar-refractivity contribution < 1.29 is 5.11 Å². The smallest absolute Gasteiger partial charge is 0.148 e. The zero-order valence-corrected chi connectivity index (χ0v) is 12.2. The summed E-state index contributed by atoms with van der Waals surface area (Å²) in [7, 11) is 0. The highest BCUT2D eigenvalue weighted by molar-refractivity contribution is 5.58. The van der Waals surface area contributed by atoms with Crippen molar-refractivity contribution in [2.75, 3.05) is 30.0 Å². The average molecular weight is 279 g/mol. The first kappa shape index (κ1) is 15.0. The van der Waals surface area contributed by atoms with E-state index in [-0.39, 0.29) is 6.61 Å². The molecule has 2 rings (SSSR count). The van der Waals surface area contributed by atoms with E-state index in [2.05, 4.69) is 27.2 Å². The fourth-order valence-electron chi connectivity index (χ4n) is 2.96. The summed E-state index contributed by atoms with van der Waals surface area (Å²) in [6.45, 7) is 4.37. The number of hydrogen-bond acceptors (Lipinski definition) is 6. The van der Waals surface area contributed by atoms with Gasteiger partial charge in [0.1, 0.15) is 18.0 Å². The Morgan fingerprint density at radius 1 is 1.50 bits per heavy atom. The van der Waals surface area contributed by atoms with E-state index < -0.39 is 0 Å². The summed E-state index contributed by atoms with van der Waals surface area (Å²) in [4.78, 5) is 11.0. The van der Waals surface area contributed by atoms with Gasteiger partial charge in [-0.05, 0) is 31.6 Å². The summed E-state index contributed by atoms with van der Waals surface area (Å²) < 4.78 is 0. The minimum atomic E-state index is 0.264. The molecule has 6 nitrogen and oxygen atoms in total. The number of aliphatic hydroxyl groups excluding tert-OH is 1. The molecule has 0 aromatic carbocycles. The minimum Gasteiger partial charge on any atom is -0.396 e. The molecule has 4 N–H and O–H groups in total. The summed E-state index contributed by atoms with van der Waals surface area (Å²) in [6.07, 6.45) is 6.71. The summed E-state index contributed by atoms with van der Waals surface area (Å²) in [6, 6.07) is 0. The average Bonchev–Trinajstić information content (AvgIpc) is 2.48. The SMILES string of the molecule is CCCc1c(NN)ncnc1N1CCCC(CCO)C1. The van der Waals surface area contributed by atoms with Gasteiger partial charge in [0, 0.05) is 25.3 Å². The summed E-state index contributed by atoms with van der Waals surface area (Å²) in [5.41, 5.74) is 3.78. The van der Waals surface area contributed by atoms with Gasteiger partial charge in [0.15, 0.2) is 0 Å². The maximum Gasteiger partial charge on any atom is 0.148 e. The molecule has 0 aliphatic carbocycles. The van der Waals surface area contributed by atoms with E-state index in [1.807, 2.05) is 0 Å². The Kier molecular flexibility index (Phi) is 5.55. The molecule has 0 saturated carbocycles. The van der Waals surface area contributed by atoms with E-state index in [0.29, 0.717) is 5.92 Å². The predicted octanol–water partition coefficient (Wildman–Crippen LogP) is 1.31. The first-order valence-electron chi connectivity index (χ1n) is 7.46. The molecule has 1 aliphatic heterocycles. The van der Waals surface area contributed by atoms with Crippen LogP contribution in [0, 0.1) is 5.92 Å². The Morgan fingerprint density at radius 2 is 2.35 bits per heavy atom. The second-order valence-electron chi connectivity index (χ2n) is 5.39. The van der Waals surface area contributed by atoms with Crippen molar-refractivity contribution >= 4 is 11.6 Å². The van der Waals surface area contributed by atoms with Crippen LogP contribution in [-0.4, -0.2) is 34.8 Å². The third kappa shape index (κ3) is 3.37. The fraction of sp³-hybridized carbons (Fsp3) is 0.714. The molecule has 1 aromatic rings. The number of nitrogens with two attached hydrogens (primary N) is 1. The van der Waals surface area contributed by atoms with Gasteiger partial charge >= 0.3 is 0 Å². The van der Waals surface area contributed by atoms with E-state index >= 15 is 0 Å². The largest absolute Gasteiger partial charge is 0.396 e. The first-order chi connectivity index (χ1) is 9.80. The van der Waals surface area contributed by atoms with Crippen LogP contribution in [0.5, 0.6) is 0 Å². The van der Waals surface area contributed by atoms with Gasteiger partial charge in [-0.15, -0.1) is 0 Å². The molecule has 1 saturated heterocycles. The van der Waals surface area contributed by atoms with Crippen LogP contribution in [0.4, 0.5) is 11.6 Å². The van der Waals surface area contributed by atoms with E-state index in [0.717, 1.165) is 56.0 Å². The molecular formula is C14H25N5O. The number of hydrazine groups is 1. The highest BCUT2D eigenvalue weighted by Gasteiger charge is 2.23. The lowest BCUT2D eigenvalue weighted by Gasteiger charge is -2.34. The van der Waals surface area contributed by atoms with Crippen molar-refractivity contribution in [3.05, 3.63) is 11.9 Å². The number of aromatic nitrogens is 2. The van der Waals surface area contributed by atoms with Crippen molar-refractivity contribution in [1.29, 1.82) is 0 Å². The standard InChI is InChI=1S/C14H25N5O/c1-2-4-12-13(18-15)16-10-17-14(12)19-7-3-5-11(9-19)6-8-20/h10-11,20H,2-9,15H2,1H3,(H,16,17,18). The molecule has 2 heterocycles. The number of anilines is 2. The van der Waals surface area contributed by atoms with Crippen LogP contribution in [0.2, 0.25) is 0 Å². The molecule has 1 aliphatic rings. The zero-order valence-electron chi connectivity index (χ0n) is 12.2. The van der Waals surface area contributed by atoms with E-state index in [1.165, 1.54) is 6.42 Å². The molecule has 20 heavy (non-hydrogen) atoms. The molecule has 0 radical (unpaired) electrons. The molecular weight excluding hydrogens is 254 g/mol. The summed E-state index contributed by atoms with van der Waals surface area (Å²) in [5.74, 6) is 7.83. The zero-order chi connectivity index (χ0) is 14.4. The molecule has 0 amide bonds. The van der Waals surface area contributed by atoms with Crippen LogP contribution in [0.25, 0.3) is 0 Å². The van der Waals surface area contributed by atoms with Crippen LogP contribution in [-0.2, 0) is 6.42 Å². The Hall–Kier alpha value is -1.40. The van der Waals surface area contributed by atoms with Crippen LogP contribution < -0.4 is 16.2 Å². The van der Waals surface area contributed by atoms with Gasteiger partial charge in [0.05, 0.1) is 0 Å². The summed E-state index contributed by atoms with van der Waals surface area (Å²) >= 11 is 0. The Balaban J connectivity index is 2.22. The number of nitrogen functional groups attached to an aromatic ring is 1. The lowest BCUT2D eigenvalue weighted by atomic mass is 9.94. The number of hydrogen-bond donors (Lipinski definition) is 3. The Bertz CT molecular complexity index is 424. The van der Waals surface area contributed by atoms with Crippen molar-refractivity contribution in [2.24, 2.45) is 11.8 Å². The molecule has 0 spiro atoms. The van der Waals surface area contributed by atoms with Crippen molar-refractivity contribution in [3.8, 4) is 0 Å². The van der Waals surface area contributed by atoms with Gasteiger partial charge in [0.2, 0.25) is 0 Å². The van der Waals surface area contributed by atoms with Gasteiger partial charge in [-0.25, -0.2) is 15.8 Å². The quantitative estimate of drug-likeness (QED) is 0.537. The third-order valence-electron chi connectivity index (χ3n) is 3.92. The molecule has 1 aromatic heterocycles. The number of aliphatic hydroxyl groups is 1. The van der Waals surface area contributed by atoms with Crippen LogP contribution >= 0.6 is 0 Å². The molecule has 6 heteroatoms. The maximum atomic E-state index is 9.13. The molecule has 1 atom stereocenters. The molecule has 1 unspecified atom stereocenters. The van der Waals surface area contributed by atoms with Crippen LogP contribution in [0.3, 0.4) is 0 Å². The number of nitrogens with one attached hydrogen (secondary N) is 1. The van der Waals surface area contributed by atoms with Gasteiger partial charge in [-0.1, -0.05) is 13.3 Å². The number of nitrogens with zero attached hydrogens (tertiary/aromatic N) is 3. The third-order valence-corrected chi connectivity index (χ3v) is 3.92. The van der Waals surface area contributed by atoms with Gasteiger partial charge < -0.3 is 15.4 Å². The van der Waals surface area contributed by atoms with Crippen molar-refractivity contribution in [3.63, 3.8) is 0 Å². The maximum absolute atomic E-state index is 9.13. The predicted molar refractivity (Wildman–Crippen MR) is 80.5 cm³/mol. The van der Waals surface area contributed by atoms with Gasteiger partial charge in [0.25, 0.3) is 0 Å². The molecule has 112 valence electrons. The highest BCUT2D eigenvalue weighted by Crippen LogP contribution is 2.29. The topological polar surface area (TPSA) is 87.3 Å². The fourth-order valence-corrected chi connectivity index (χ4v) is 2.96.